The Morgan fingerprint density at radius 2 is 2.28 bits per heavy atom. The maximum Gasteiger partial charge on any atom is 0.288 e. The molecular weight excluding hydrogens is 362 g/mol. The number of nitro groups is 1. The normalized spacial score (nSPS) is 16.6. The molecule has 1 amide bonds. The standard InChI is InChI=1S/C17H16ClN3O3S/c1-10-2-5-15-12(6-10)8-16(25-15)17(22)20-19-9-11-3-4-13(18)14(7-11)21(23)24/h3-4,7-10H,2,5-6H2,1H3,(H,20,22)/b19-9+. The van der Waals surface area contributed by atoms with Crippen molar-refractivity contribution in [1.82, 2.24) is 5.43 Å². The van der Waals surface area contributed by atoms with Crippen LogP contribution < -0.4 is 5.43 Å². The molecule has 0 saturated heterocycles. The summed E-state index contributed by atoms with van der Waals surface area (Å²) in [5, 5.41) is 14.8. The molecule has 0 radical (unpaired) electrons. The second kappa shape index (κ2) is 7.33. The number of carbonyl (C=O) groups excluding carboxylic acids is 1. The van der Waals surface area contributed by atoms with Crippen LogP contribution in [0, 0.1) is 16.0 Å². The molecule has 6 nitrogen and oxygen atoms in total. The fraction of sp³-hybridized carbons (Fsp3) is 0.294. The molecule has 1 aliphatic rings. The van der Waals surface area contributed by atoms with Crippen LogP contribution in [0.25, 0.3) is 0 Å². The quantitative estimate of drug-likeness (QED) is 0.492. The van der Waals surface area contributed by atoms with E-state index in [0.29, 0.717) is 16.4 Å². The third-order valence-electron chi connectivity index (χ3n) is 4.10. The average Bonchev–Trinajstić information content (AvgIpc) is 2.99. The van der Waals surface area contributed by atoms with Gasteiger partial charge in [0.1, 0.15) is 5.02 Å². The van der Waals surface area contributed by atoms with Crippen molar-refractivity contribution >= 4 is 40.7 Å². The minimum absolute atomic E-state index is 0.0598. The molecular formula is C17H16ClN3O3S. The molecule has 0 spiro atoms. The number of fused-ring (bicyclic) bond motifs is 1. The van der Waals surface area contributed by atoms with E-state index in [1.807, 2.05) is 6.07 Å². The van der Waals surface area contributed by atoms with Gasteiger partial charge >= 0.3 is 0 Å². The van der Waals surface area contributed by atoms with Gasteiger partial charge in [-0.05, 0) is 42.9 Å². The van der Waals surface area contributed by atoms with Gasteiger partial charge in [0.15, 0.2) is 0 Å². The fourth-order valence-corrected chi connectivity index (χ4v) is 4.07. The second-order valence-electron chi connectivity index (χ2n) is 6.07. The van der Waals surface area contributed by atoms with Crippen molar-refractivity contribution in [3.8, 4) is 0 Å². The van der Waals surface area contributed by atoms with Crippen molar-refractivity contribution in [2.45, 2.75) is 26.2 Å². The lowest BCUT2D eigenvalue weighted by Crippen LogP contribution is -2.16. The third kappa shape index (κ3) is 4.05. The predicted octanol–water partition coefficient (Wildman–Crippen LogP) is 4.20. The molecule has 25 heavy (non-hydrogen) atoms. The maximum atomic E-state index is 12.2. The van der Waals surface area contributed by atoms with Gasteiger partial charge in [-0.15, -0.1) is 11.3 Å². The van der Waals surface area contributed by atoms with Crippen LogP contribution in [0.4, 0.5) is 5.69 Å². The van der Waals surface area contributed by atoms with E-state index in [1.165, 1.54) is 40.1 Å². The van der Waals surface area contributed by atoms with E-state index in [1.54, 1.807) is 6.07 Å². The zero-order valence-electron chi connectivity index (χ0n) is 13.5. The Morgan fingerprint density at radius 1 is 1.48 bits per heavy atom. The highest BCUT2D eigenvalue weighted by atomic mass is 35.5. The molecule has 1 atom stereocenters. The highest BCUT2D eigenvalue weighted by Gasteiger charge is 2.20. The number of amides is 1. The van der Waals surface area contributed by atoms with Gasteiger partial charge in [-0.1, -0.05) is 24.6 Å². The largest absolute Gasteiger partial charge is 0.288 e. The Balaban J connectivity index is 1.67. The number of carbonyl (C=O) groups is 1. The summed E-state index contributed by atoms with van der Waals surface area (Å²) in [6, 6.07) is 6.27. The summed E-state index contributed by atoms with van der Waals surface area (Å²) in [4.78, 5) is 24.4. The van der Waals surface area contributed by atoms with Crippen molar-refractivity contribution in [3.05, 3.63) is 60.3 Å². The Morgan fingerprint density at radius 3 is 3.04 bits per heavy atom. The Bertz CT molecular complexity index is 863. The summed E-state index contributed by atoms with van der Waals surface area (Å²) in [7, 11) is 0. The molecule has 0 aliphatic heterocycles. The molecule has 3 rings (SSSR count). The van der Waals surface area contributed by atoms with Crippen LogP contribution in [0.5, 0.6) is 0 Å². The molecule has 1 aromatic heterocycles. The van der Waals surface area contributed by atoms with Gasteiger partial charge in [-0.2, -0.15) is 5.10 Å². The van der Waals surface area contributed by atoms with E-state index in [9.17, 15) is 14.9 Å². The van der Waals surface area contributed by atoms with Crippen LogP contribution in [-0.2, 0) is 12.8 Å². The lowest BCUT2D eigenvalue weighted by Gasteiger charge is -2.16. The summed E-state index contributed by atoms with van der Waals surface area (Å²) in [5.74, 6) is 0.378. The van der Waals surface area contributed by atoms with Crippen LogP contribution in [0.15, 0.2) is 29.4 Å². The van der Waals surface area contributed by atoms with Gasteiger partial charge in [-0.25, -0.2) is 5.43 Å². The number of aryl methyl sites for hydroxylation is 1. The molecule has 1 unspecified atom stereocenters. The number of nitrogens with one attached hydrogen (secondary N) is 1. The summed E-state index contributed by atoms with van der Waals surface area (Å²) in [6.45, 7) is 2.22. The minimum Gasteiger partial charge on any atom is -0.266 e. The van der Waals surface area contributed by atoms with Crippen LogP contribution >= 0.6 is 22.9 Å². The minimum atomic E-state index is -0.560. The number of thiophene rings is 1. The average molecular weight is 378 g/mol. The molecule has 0 saturated carbocycles. The highest BCUT2D eigenvalue weighted by Crippen LogP contribution is 2.32. The Kier molecular flexibility index (Phi) is 5.15. The van der Waals surface area contributed by atoms with E-state index in [4.69, 9.17) is 11.6 Å². The lowest BCUT2D eigenvalue weighted by molar-refractivity contribution is -0.384. The summed E-state index contributed by atoms with van der Waals surface area (Å²) in [6.07, 6.45) is 4.54. The topological polar surface area (TPSA) is 84.6 Å². The third-order valence-corrected chi connectivity index (χ3v) is 5.66. The molecule has 1 aliphatic carbocycles. The van der Waals surface area contributed by atoms with Crippen molar-refractivity contribution in [1.29, 1.82) is 0 Å². The molecule has 2 aromatic rings. The number of rotatable bonds is 4. The summed E-state index contributed by atoms with van der Waals surface area (Å²) < 4.78 is 0. The fourth-order valence-electron chi connectivity index (χ4n) is 2.79. The van der Waals surface area contributed by atoms with Crippen LogP contribution in [0.1, 0.15) is 39.0 Å². The zero-order valence-corrected chi connectivity index (χ0v) is 15.1. The number of benzene rings is 1. The SMILES string of the molecule is CC1CCc2sc(C(=O)N/N=C/c3ccc(Cl)c([N+](=O)[O-])c3)cc2C1. The van der Waals surface area contributed by atoms with Gasteiger partial charge in [0.05, 0.1) is 16.0 Å². The first-order valence-electron chi connectivity index (χ1n) is 7.83. The van der Waals surface area contributed by atoms with Crippen molar-refractivity contribution in [2.75, 3.05) is 0 Å². The number of hydrogen-bond donors (Lipinski definition) is 1. The molecule has 1 heterocycles. The zero-order chi connectivity index (χ0) is 18.0. The maximum absolute atomic E-state index is 12.2. The van der Waals surface area contributed by atoms with E-state index < -0.39 is 4.92 Å². The number of hydrogen-bond acceptors (Lipinski definition) is 5. The number of hydrazone groups is 1. The Labute approximate surface area is 153 Å². The number of nitrogens with zero attached hydrogens (tertiary/aromatic N) is 2. The van der Waals surface area contributed by atoms with Gasteiger partial charge in [0.2, 0.25) is 0 Å². The van der Waals surface area contributed by atoms with Crippen molar-refractivity contribution < 1.29 is 9.72 Å². The first-order chi connectivity index (χ1) is 11.9. The van der Waals surface area contributed by atoms with Gasteiger partial charge < -0.3 is 0 Å². The van der Waals surface area contributed by atoms with Crippen LogP contribution in [0.2, 0.25) is 5.02 Å². The Hall–Kier alpha value is -2.25. The second-order valence-corrected chi connectivity index (χ2v) is 7.62. The van der Waals surface area contributed by atoms with E-state index >= 15 is 0 Å². The van der Waals surface area contributed by atoms with Gasteiger partial charge in [0, 0.05) is 16.5 Å². The van der Waals surface area contributed by atoms with E-state index in [0.717, 1.165) is 19.3 Å². The first kappa shape index (κ1) is 17.6. The predicted molar refractivity (Wildman–Crippen MR) is 98.7 cm³/mol. The molecule has 1 aromatic carbocycles. The van der Waals surface area contributed by atoms with Crippen molar-refractivity contribution in [3.63, 3.8) is 0 Å². The number of nitro benzene ring substituents is 1. The summed E-state index contributed by atoms with van der Waals surface area (Å²) in [5.41, 5.74) is 4.01. The first-order valence-corrected chi connectivity index (χ1v) is 9.02. The molecule has 130 valence electrons. The van der Waals surface area contributed by atoms with Gasteiger partial charge in [-0.3, -0.25) is 14.9 Å². The number of halogens is 1. The van der Waals surface area contributed by atoms with Gasteiger partial charge in [0.25, 0.3) is 11.6 Å². The van der Waals surface area contributed by atoms with E-state index in [-0.39, 0.29) is 16.6 Å². The lowest BCUT2D eigenvalue weighted by atomic mass is 9.90. The summed E-state index contributed by atoms with van der Waals surface area (Å²) >= 11 is 7.27. The van der Waals surface area contributed by atoms with E-state index in [2.05, 4.69) is 17.5 Å². The molecule has 0 bridgehead atoms. The molecule has 1 N–H and O–H groups in total. The highest BCUT2D eigenvalue weighted by molar-refractivity contribution is 7.14. The monoisotopic (exact) mass is 377 g/mol. The van der Waals surface area contributed by atoms with Crippen molar-refractivity contribution in [2.24, 2.45) is 11.0 Å². The van der Waals surface area contributed by atoms with Crippen LogP contribution in [-0.4, -0.2) is 17.0 Å². The molecule has 0 fully saturated rings. The van der Waals surface area contributed by atoms with Crippen LogP contribution in [0.3, 0.4) is 0 Å². The smallest absolute Gasteiger partial charge is 0.266 e. The molecule has 8 heteroatoms.